The van der Waals surface area contributed by atoms with Gasteiger partial charge in [0.15, 0.2) is 9.84 Å². The van der Waals surface area contributed by atoms with Gasteiger partial charge in [-0.2, -0.15) is 0 Å². The van der Waals surface area contributed by atoms with E-state index in [1.165, 1.54) is 19.1 Å². The standard InChI is InChI=1S/C15H21FN2O3S/c1-10-8-18(9-11(2)17-10)15(19)12(3)22(20,21)14-6-4-13(16)5-7-14/h4-7,10-12,17H,8-9H2,1-3H3. The predicted molar refractivity (Wildman–Crippen MR) is 81.7 cm³/mol. The molecule has 5 nitrogen and oxygen atoms in total. The molecule has 2 rings (SSSR count). The number of piperazine rings is 1. The number of rotatable bonds is 3. The summed E-state index contributed by atoms with van der Waals surface area (Å²) in [5.74, 6) is -0.924. The van der Waals surface area contributed by atoms with Crippen LogP contribution in [0.25, 0.3) is 0 Å². The molecule has 0 bridgehead atoms. The summed E-state index contributed by atoms with van der Waals surface area (Å²) in [6, 6.07) is 4.79. The number of hydrogen-bond donors (Lipinski definition) is 1. The number of nitrogens with zero attached hydrogens (tertiary/aromatic N) is 1. The van der Waals surface area contributed by atoms with Crippen LogP contribution < -0.4 is 5.32 Å². The Balaban J connectivity index is 2.20. The average Bonchev–Trinajstić information content (AvgIpc) is 2.45. The van der Waals surface area contributed by atoms with Crippen molar-refractivity contribution in [3.63, 3.8) is 0 Å². The van der Waals surface area contributed by atoms with Crippen LogP contribution in [0.15, 0.2) is 29.2 Å². The lowest BCUT2D eigenvalue weighted by molar-refractivity contribution is -0.132. The number of carbonyl (C=O) groups is 1. The quantitative estimate of drug-likeness (QED) is 0.847. The Morgan fingerprint density at radius 3 is 2.23 bits per heavy atom. The monoisotopic (exact) mass is 328 g/mol. The highest BCUT2D eigenvalue weighted by atomic mass is 32.2. The first-order valence-electron chi connectivity index (χ1n) is 7.26. The molecule has 0 aromatic heterocycles. The molecule has 1 aromatic rings. The molecule has 22 heavy (non-hydrogen) atoms. The Kier molecular flexibility index (Phi) is 4.87. The van der Waals surface area contributed by atoms with Gasteiger partial charge in [0.05, 0.1) is 4.90 Å². The van der Waals surface area contributed by atoms with Crippen LogP contribution in [0.1, 0.15) is 20.8 Å². The molecule has 0 aliphatic carbocycles. The summed E-state index contributed by atoms with van der Waals surface area (Å²) in [6.07, 6.45) is 0. The van der Waals surface area contributed by atoms with E-state index in [9.17, 15) is 17.6 Å². The molecule has 1 saturated heterocycles. The first kappa shape index (κ1) is 16.9. The summed E-state index contributed by atoms with van der Waals surface area (Å²) in [5, 5.41) is 2.11. The maximum Gasteiger partial charge on any atom is 0.241 e. The van der Waals surface area contributed by atoms with Crippen LogP contribution in [0.4, 0.5) is 4.39 Å². The fourth-order valence-electron chi connectivity index (χ4n) is 2.72. The lowest BCUT2D eigenvalue weighted by Gasteiger charge is -2.37. The smallest absolute Gasteiger partial charge is 0.241 e. The second-order valence-electron chi connectivity index (χ2n) is 5.85. The molecule has 3 atom stereocenters. The fraction of sp³-hybridized carbons (Fsp3) is 0.533. The predicted octanol–water partition coefficient (Wildman–Crippen LogP) is 1.20. The molecule has 1 heterocycles. The Morgan fingerprint density at radius 2 is 1.73 bits per heavy atom. The summed E-state index contributed by atoms with van der Waals surface area (Å²) in [4.78, 5) is 14.1. The average molecular weight is 328 g/mol. The highest BCUT2D eigenvalue weighted by Gasteiger charge is 2.35. The van der Waals surface area contributed by atoms with Gasteiger partial charge in [-0.25, -0.2) is 12.8 Å². The fourth-order valence-corrected chi connectivity index (χ4v) is 4.06. The molecular weight excluding hydrogens is 307 g/mol. The summed E-state index contributed by atoms with van der Waals surface area (Å²) < 4.78 is 37.9. The number of halogens is 1. The minimum atomic E-state index is -3.82. The number of hydrogen-bond acceptors (Lipinski definition) is 4. The third-order valence-corrected chi connectivity index (χ3v) is 5.89. The molecule has 1 amide bonds. The molecule has 0 radical (unpaired) electrons. The zero-order valence-corrected chi connectivity index (χ0v) is 13.7. The number of carbonyl (C=O) groups excluding carboxylic acids is 1. The molecule has 122 valence electrons. The molecule has 0 saturated carbocycles. The Morgan fingerprint density at radius 1 is 1.23 bits per heavy atom. The first-order valence-corrected chi connectivity index (χ1v) is 8.80. The zero-order valence-electron chi connectivity index (χ0n) is 12.9. The van der Waals surface area contributed by atoms with Crippen LogP contribution in [0.5, 0.6) is 0 Å². The van der Waals surface area contributed by atoms with E-state index >= 15 is 0 Å². The van der Waals surface area contributed by atoms with Gasteiger partial charge in [0, 0.05) is 25.2 Å². The molecule has 7 heteroatoms. The largest absolute Gasteiger partial charge is 0.338 e. The van der Waals surface area contributed by atoms with E-state index in [-0.39, 0.29) is 17.0 Å². The molecule has 1 fully saturated rings. The third-order valence-electron chi connectivity index (χ3n) is 3.82. The zero-order chi connectivity index (χ0) is 16.5. The molecule has 1 aliphatic rings. The molecular formula is C15H21FN2O3S. The van der Waals surface area contributed by atoms with E-state index in [4.69, 9.17) is 0 Å². The Labute approximate surface area is 130 Å². The van der Waals surface area contributed by atoms with Gasteiger partial charge in [0.25, 0.3) is 0 Å². The van der Waals surface area contributed by atoms with Crippen molar-refractivity contribution in [2.24, 2.45) is 0 Å². The van der Waals surface area contributed by atoms with E-state index < -0.39 is 26.8 Å². The number of nitrogens with one attached hydrogen (secondary N) is 1. The van der Waals surface area contributed by atoms with Gasteiger partial charge < -0.3 is 10.2 Å². The Bertz CT molecular complexity index is 635. The number of benzene rings is 1. The van der Waals surface area contributed by atoms with Crippen LogP contribution in [0.2, 0.25) is 0 Å². The van der Waals surface area contributed by atoms with Crippen molar-refractivity contribution in [3.05, 3.63) is 30.1 Å². The van der Waals surface area contributed by atoms with Crippen molar-refractivity contribution in [1.29, 1.82) is 0 Å². The van der Waals surface area contributed by atoms with E-state index in [2.05, 4.69) is 5.32 Å². The van der Waals surface area contributed by atoms with E-state index in [0.717, 1.165) is 12.1 Å². The van der Waals surface area contributed by atoms with Gasteiger partial charge >= 0.3 is 0 Å². The van der Waals surface area contributed by atoms with Crippen molar-refractivity contribution in [3.8, 4) is 0 Å². The van der Waals surface area contributed by atoms with E-state index in [0.29, 0.717) is 13.1 Å². The van der Waals surface area contributed by atoms with E-state index in [1.807, 2.05) is 13.8 Å². The highest BCUT2D eigenvalue weighted by Crippen LogP contribution is 2.19. The van der Waals surface area contributed by atoms with Crippen LogP contribution in [0.3, 0.4) is 0 Å². The molecule has 0 spiro atoms. The SMILES string of the molecule is CC1CN(C(=O)C(C)S(=O)(=O)c2ccc(F)cc2)CC(C)N1. The third kappa shape index (κ3) is 3.47. The van der Waals surface area contributed by atoms with Gasteiger partial charge in [0.2, 0.25) is 5.91 Å². The minimum Gasteiger partial charge on any atom is -0.338 e. The number of amides is 1. The van der Waals surface area contributed by atoms with Crippen LogP contribution >= 0.6 is 0 Å². The molecule has 1 N–H and O–H groups in total. The summed E-state index contributed by atoms with van der Waals surface area (Å²) in [5.41, 5.74) is 0. The summed E-state index contributed by atoms with van der Waals surface area (Å²) in [6.45, 7) is 6.25. The second kappa shape index (κ2) is 6.34. The van der Waals surface area contributed by atoms with E-state index in [1.54, 1.807) is 4.90 Å². The van der Waals surface area contributed by atoms with Crippen LogP contribution in [-0.4, -0.2) is 49.6 Å². The normalized spacial score (nSPS) is 24.1. The highest BCUT2D eigenvalue weighted by molar-refractivity contribution is 7.92. The van der Waals surface area contributed by atoms with Crippen LogP contribution in [-0.2, 0) is 14.6 Å². The van der Waals surface area contributed by atoms with Gasteiger partial charge in [-0.3, -0.25) is 4.79 Å². The van der Waals surface area contributed by atoms with Crippen molar-refractivity contribution in [2.75, 3.05) is 13.1 Å². The minimum absolute atomic E-state index is 0.0361. The topological polar surface area (TPSA) is 66.5 Å². The lowest BCUT2D eigenvalue weighted by atomic mass is 10.1. The first-order chi connectivity index (χ1) is 10.2. The lowest BCUT2D eigenvalue weighted by Crippen LogP contribution is -2.58. The van der Waals surface area contributed by atoms with Gasteiger partial charge in [-0.15, -0.1) is 0 Å². The van der Waals surface area contributed by atoms with Crippen molar-refractivity contribution in [1.82, 2.24) is 10.2 Å². The molecule has 3 unspecified atom stereocenters. The summed E-state index contributed by atoms with van der Waals surface area (Å²) in [7, 11) is -3.82. The van der Waals surface area contributed by atoms with Crippen molar-refractivity contribution < 1.29 is 17.6 Å². The van der Waals surface area contributed by atoms with Crippen molar-refractivity contribution in [2.45, 2.75) is 43.0 Å². The second-order valence-corrected chi connectivity index (χ2v) is 8.12. The summed E-state index contributed by atoms with van der Waals surface area (Å²) >= 11 is 0. The van der Waals surface area contributed by atoms with Gasteiger partial charge in [-0.1, -0.05) is 0 Å². The number of sulfone groups is 1. The Hall–Kier alpha value is -1.47. The van der Waals surface area contributed by atoms with Gasteiger partial charge in [0.1, 0.15) is 11.1 Å². The maximum absolute atomic E-state index is 12.9. The molecule has 1 aromatic carbocycles. The molecule has 1 aliphatic heterocycles. The van der Waals surface area contributed by atoms with Crippen molar-refractivity contribution >= 4 is 15.7 Å². The maximum atomic E-state index is 12.9. The van der Waals surface area contributed by atoms with Crippen LogP contribution in [0, 0.1) is 5.82 Å². The van der Waals surface area contributed by atoms with Gasteiger partial charge in [-0.05, 0) is 45.0 Å².